The van der Waals surface area contributed by atoms with E-state index in [2.05, 4.69) is 0 Å². The fourth-order valence-corrected chi connectivity index (χ4v) is 7.65. The molecular formula is C45H78O12. The minimum Gasteiger partial charge on any atom is -0.465 e. The van der Waals surface area contributed by atoms with E-state index in [1.165, 1.54) is 0 Å². The first-order chi connectivity index (χ1) is 26.1. The van der Waals surface area contributed by atoms with E-state index in [1.54, 1.807) is 83.1 Å². The molecule has 1 saturated carbocycles. The topological polar surface area (TPSA) is 158 Å². The highest BCUT2D eigenvalue weighted by atomic mass is 16.6. The highest BCUT2D eigenvalue weighted by molar-refractivity contribution is 5.82. The first-order valence-electron chi connectivity index (χ1n) is 21.2. The smallest absolute Gasteiger partial charge is 0.311 e. The highest BCUT2D eigenvalue weighted by Crippen LogP contribution is 2.41. The van der Waals surface area contributed by atoms with Crippen LogP contribution in [0.3, 0.4) is 0 Å². The van der Waals surface area contributed by atoms with Gasteiger partial charge in [0, 0.05) is 19.3 Å². The number of hydrogen-bond donors (Lipinski definition) is 0. The second-order valence-corrected chi connectivity index (χ2v) is 20.1. The van der Waals surface area contributed by atoms with E-state index in [9.17, 15) is 28.8 Å². The van der Waals surface area contributed by atoms with Gasteiger partial charge in [-0.15, -0.1) is 0 Å². The van der Waals surface area contributed by atoms with Gasteiger partial charge in [-0.3, -0.25) is 28.8 Å². The molecule has 330 valence electrons. The first kappa shape index (κ1) is 51.8. The Morgan fingerprint density at radius 1 is 0.368 bits per heavy atom. The van der Waals surface area contributed by atoms with Crippen molar-refractivity contribution in [3.05, 3.63) is 0 Å². The quantitative estimate of drug-likeness (QED) is 0.0518. The molecule has 0 aromatic carbocycles. The predicted molar refractivity (Wildman–Crippen MR) is 218 cm³/mol. The molecule has 1 aliphatic carbocycles. The summed E-state index contributed by atoms with van der Waals surface area (Å²) in [6.45, 7) is 27.6. The minimum absolute atomic E-state index is 0.155. The van der Waals surface area contributed by atoms with Crippen molar-refractivity contribution in [1.82, 2.24) is 0 Å². The molecule has 57 heavy (non-hydrogen) atoms. The molecular weight excluding hydrogens is 732 g/mol. The summed E-state index contributed by atoms with van der Waals surface area (Å²) < 4.78 is 34.7. The summed E-state index contributed by atoms with van der Waals surface area (Å²) in [6, 6.07) is 0. The number of unbranched alkanes of at least 4 members (excludes halogenated alkanes) is 3. The lowest BCUT2D eigenvalue weighted by Gasteiger charge is -2.39. The number of hydrogen-bond acceptors (Lipinski definition) is 12. The maximum atomic E-state index is 13.8. The van der Waals surface area contributed by atoms with E-state index in [0.29, 0.717) is 19.8 Å². The molecule has 0 atom stereocenters. The van der Waals surface area contributed by atoms with Crippen LogP contribution in [-0.2, 0) is 57.2 Å². The second kappa shape index (κ2) is 21.7. The third-order valence-electron chi connectivity index (χ3n) is 10.6. The zero-order chi connectivity index (χ0) is 44.0. The van der Waals surface area contributed by atoms with Gasteiger partial charge < -0.3 is 28.4 Å². The van der Waals surface area contributed by atoms with E-state index in [0.717, 1.165) is 38.5 Å². The van der Waals surface area contributed by atoms with Gasteiger partial charge in [0.15, 0.2) is 0 Å². The molecule has 1 rings (SSSR count). The third kappa shape index (κ3) is 16.9. The van der Waals surface area contributed by atoms with Gasteiger partial charge in [-0.25, -0.2) is 0 Å². The monoisotopic (exact) mass is 811 g/mol. The van der Waals surface area contributed by atoms with Crippen molar-refractivity contribution in [2.75, 3.05) is 19.8 Å². The summed E-state index contributed by atoms with van der Waals surface area (Å²) >= 11 is 0. The van der Waals surface area contributed by atoms with E-state index in [4.69, 9.17) is 28.4 Å². The Morgan fingerprint density at radius 2 is 0.561 bits per heavy atom. The molecule has 0 aromatic rings. The molecule has 0 aliphatic heterocycles. The molecule has 0 aromatic heterocycles. The summed E-state index contributed by atoms with van der Waals surface area (Å²) in [6.07, 6.45) is 3.44. The van der Waals surface area contributed by atoms with Crippen LogP contribution < -0.4 is 0 Å². The molecule has 1 fully saturated rings. The van der Waals surface area contributed by atoms with Gasteiger partial charge in [0.25, 0.3) is 0 Å². The van der Waals surface area contributed by atoms with Crippen molar-refractivity contribution in [3.63, 3.8) is 0 Å². The Morgan fingerprint density at radius 3 is 0.754 bits per heavy atom. The van der Waals surface area contributed by atoms with Crippen molar-refractivity contribution in [3.8, 4) is 0 Å². The molecule has 12 heteroatoms. The normalized spacial score (nSPS) is 18.3. The SMILES string of the molecule is CCCCOC(=O)C(C)(C)CC(C)(C)C(=O)OC1CC(OC(=O)C(C)(C)CC(C)(C)C(=O)OCCCC)CC(OC(=O)C(C)(C)CC(C)(C)C(=O)OCCCC)C1. The fourth-order valence-electron chi connectivity index (χ4n) is 7.65. The number of esters is 6. The van der Waals surface area contributed by atoms with Crippen molar-refractivity contribution < 1.29 is 57.2 Å². The molecule has 1 aliphatic rings. The van der Waals surface area contributed by atoms with Gasteiger partial charge in [-0.2, -0.15) is 0 Å². The molecule has 0 radical (unpaired) electrons. The van der Waals surface area contributed by atoms with Crippen LogP contribution in [-0.4, -0.2) is 73.9 Å². The predicted octanol–water partition coefficient (Wildman–Crippen LogP) is 9.26. The maximum Gasteiger partial charge on any atom is 0.311 e. The minimum atomic E-state index is -1.10. The van der Waals surface area contributed by atoms with Crippen molar-refractivity contribution >= 4 is 35.8 Å². The molecule has 0 amide bonds. The summed E-state index contributed by atoms with van der Waals surface area (Å²) in [5.41, 5.74) is -6.20. The molecule has 0 spiro atoms. The molecule has 0 unspecified atom stereocenters. The van der Waals surface area contributed by atoms with E-state index in [-0.39, 0.29) is 38.5 Å². The zero-order valence-electron chi connectivity index (χ0n) is 38.2. The molecule has 12 nitrogen and oxygen atoms in total. The van der Waals surface area contributed by atoms with Gasteiger partial charge in [0.1, 0.15) is 18.3 Å². The fraction of sp³-hybridized carbons (Fsp3) is 0.867. The maximum absolute atomic E-state index is 13.8. The number of carbonyl (C=O) groups excluding carboxylic acids is 6. The summed E-state index contributed by atoms with van der Waals surface area (Å²) in [5.74, 6) is -2.83. The first-order valence-corrected chi connectivity index (χ1v) is 21.2. The molecule has 0 saturated heterocycles. The number of rotatable bonds is 24. The Labute approximate surface area is 343 Å². The lowest BCUT2D eigenvalue weighted by Crippen LogP contribution is -2.46. The lowest BCUT2D eigenvalue weighted by atomic mass is 9.75. The van der Waals surface area contributed by atoms with Crippen molar-refractivity contribution in [2.24, 2.45) is 32.5 Å². The van der Waals surface area contributed by atoms with Gasteiger partial charge in [-0.1, -0.05) is 40.0 Å². The zero-order valence-corrected chi connectivity index (χ0v) is 38.2. The summed E-state index contributed by atoms with van der Waals surface area (Å²) in [7, 11) is 0. The Kier molecular flexibility index (Phi) is 19.7. The highest BCUT2D eigenvalue weighted by Gasteiger charge is 2.47. The summed E-state index contributed by atoms with van der Waals surface area (Å²) in [4.78, 5) is 80.2. The molecule has 0 heterocycles. The van der Waals surface area contributed by atoms with E-state index < -0.39 is 86.6 Å². The Bertz CT molecular complexity index is 1190. The number of carbonyl (C=O) groups is 6. The van der Waals surface area contributed by atoms with Crippen LogP contribution in [0.1, 0.15) is 181 Å². The van der Waals surface area contributed by atoms with Gasteiger partial charge in [0.05, 0.1) is 52.3 Å². The largest absolute Gasteiger partial charge is 0.465 e. The van der Waals surface area contributed by atoms with E-state index in [1.807, 2.05) is 20.8 Å². The van der Waals surface area contributed by atoms with Crippen LogP contribution in [0.5, 0.6) is 0 Å². The van der Waals surface area contributed by atoms with E-state index >= 15 is 0 Å². The number of ether oxygens (including phenoxy) is 6. The van der Waals surface area contributed by atoms with Crippen LogP contribution in [0.2, 0.25) is 0 Å². The molecule has 0 N–H and O–H groups in total. The summed E-state index contributed by atoms with van der Waals surface area (Å²) in [5, 5.41) is 0. The standard InChI is InChI=1S/C45H78O12/c1-16-19-22-52-34(46)40(4,5)28-43(10,11)37(49)55-31-25-32(56-38(50)44(12,13)29-41(6,7)35(47)53-23-20-17-2)27-33(26-31)57-39(51)45(14,15)30-42(8,9)36(48)54-24-21-18-3/h31-33H,16-30H2,1-15H3. The van der Waals surface area contributed by atoms with Gasteiger partial charge in [-0.05, 0) is 122 Å². The van der Waals surface area contributed by atoms with Crippen LogP contribution in [0, 0.1) is 32.5 Å². The van der Waals surface area contributed by atoms with Gasteiger partial charge >= 0.3 is 35.8 Å². The van der Waals surface area contributed by atoms with Crippen LogP contribution in [0.25, 0.3) is 0 Å². The average molecular weight is 811 g/mol. The average Bonchev–Trinajstić information content (AvgIpc) is 3.06. The third-order valence-corrected chi connectivity index (χ3v) is 10.6. The molecule has 0 bridgehead atoms. The van der Waals surface area contributed by atoms with Crippen molar-refractivity contribution in [2.45, 2.75) is 199 Å². The Hall–Kier alpha value is -3.18. The van der Waals surface area contributed by atoms with Gasteiger partial charge in [0.2, 0.25) is 0 Å². The lowest BCUT2D eigenvalue weighted by molar-refractivity contribution is -0.183. The van der Waals surface area contributed by atoms with Crippen molar-refractivity contribution in [1.29, 1.82) is 0 Å². The second-order valence-electron chi connectivity index (χ2n) is 20.1. The van der Waals surface area contributed by atoms with Crippen LogP contribution >= 0.6 is 0 Å². The van der Waals surface area contributed by atoms with Crippen LogP contribution in [0.15, 0.2) is 0 Å². The Balaban J connectivity index is 3.31. The van der Waals surface area contributed by atoms with Crippen LogP contribution in [0.4, 0.5) is 0 Å².